The molecular formula is C13H20N2O2. The summed E-state index contributed by atoms with van der Waals surface area (Å²) < 4.78 is 4.89. The molecule has 0 aliphatic heterocycles. The number of anilines is 1. The maximum atomic E-state index is 11.9. The molecule has 0 atom stereocenters. The lowest BCUT2D eigenvalue weighted by Crippen LogP contribution is -2.39. The first-order valence-electron chi connectivity index (χ1n) is 5.70. The molecule has 0 aliphatic carbocycles. The molecule has 94 valence electrons. The van der Waals surface area contributed by atoms with Crippen LogP contribution >= 0.6 is 0 Å². The van der Waals surface area contributed by atoms with Gasteiger partial charge in [0.1, 0.15) is 6.61 Å². The minimum atomic E-state index is -0.0389. The maximum absolute atomic E-state index is 11.9. The second kappa shape index (κ2) is 6.37. The second-order valence-electron chi connectivity index (χ2n) is 4.16. The van der Waals surface area contributed by atoms with Crippen molar-refractivity contribution in [1.29, 1.82) is 0 Å². The van der Waals surface area contributed by atoms with Crippen molar-refractivity contribution in [2.24, 2.45) is 5.73 Å². The Kier molecular flexibility index (Phi) is 5.12. The molecule has 0 saturated carbocycles. The van der Waals surface area contributed by atoms with Gasteiger partial charge in [-0.1, -0.05) is 12.1 Å². The number of ether oxygens (including phenoxy) is 1. The van der Waals surface area contributed by atoms with Crippen molar-refractivity contribution in [3.8, 4) is 0 Å². The van der Waals surface area contributed by atoms with Gasteiger partial charge in [-0.05, 0) is 31.5 Å². The average Bonchev–Trinajstić information content (AvgIpc) is 2.30. The molecule has 2 N–H and O–H groups in total. The maximum Gasteiger partial charge on any atom is 0.253 e. The van der Waals surface area contributed by atoms with Gasteiger partial charge >= 0.3 is 0 Å². The Balaban J connectivity index is 2.93. The molecule has 0 unspecified atom stereocenters. The van der Waals surface area contributed by atoms with Crippen LogP contribution in [0, 0.1) is 0 Å². The van der Waals surface area contributed by atoms with Crippen molar-refractivity contribution in [3.05, 3.63) is 29.8 Å². The number of nitrogens with two attached hydrogens (primary N) is 1. The molecular weight excluding hydrogens is 216 g/mol. The monoisotopic (exact) mass is 236 g/mol. The predicted molar refractivity (Wildman–Crippen MR) is 68.8 cm³/mol. The number of rotatable bonds is 5. The van der Waals surface area contributed by atoms with Crippen molar-refractivity contribution in [2.75, 3.05) is 18.6 Å². The minimum Gasteiger partial charge on any atom is -0.375 e. The molecule has 1 rings (SSSR count). The fourth-order valence-electron chi connectivity index (χ4n) is 1.72. The van der Waals surface area contributed by atoms with E-state index < -0.39 is 0 Å². The number of benzene rings is 1. The van der Waals surface area contributed by atoms with Gasteiger partial charge in [0.15, 0.2) is 0 Å². The van der Waals surface area contributed by atoms with Gasteiger partial charge < -0.3 is 15.4 Å². The number of hydrogen-bond donors (Lipinski definition) is 1. The largest absolute Gasteiger partial charge is 0.375 e. The highest BCUT2D eigenvalue weighted by Gasteiger charge is 2.18. The van der Waals surface area contributed by atoms with Crippen molar-refractivity contribution >= 4 is 11.6 Å². The Bertz CT molecular complexity index is 360. The summed E-state index contributed by atoms with van der Waals surface area (Å²) in [4.78, 5) is 13.6. The first-order valence-corrected chi connectivity index (χ1v) is 5.70. The molecule has 1 aromatic rings. The van der Waals surface area contributed by atoms with Crippen LogP contribution in [-0.2, 0) is 16.1 Å². The lowest BCUT2D eigenvalue weighted by Gasteiger charge is -2.26. The van der Waals surface area contributed by atoms with E-state index in [4.69, 9.17) is 10.5 Å². The molecule has 0 aliphatic rings. The summed E-state index contributed by atoms with van der Waals surface area (Å²) in [5, 5.41) is 0. The summed E-state index contributed by atoms with van der Waals surface area (Å²) >= 11 is 0. The summed E-state index contributed by atoms with van der Waals surface area (Å²) in [6.07, 6.45) is 0. The molecule has 0 radical (unpaired) electrons. The minimum absolute atomic E-state index is 0.0389. The normalized spacial score (nSPS) is 10.6. The second-order valence-corrected chi connectivity index (χ2v) is 4.16. The lowest BCUT2D eigenvalue weighted by molar-refractivity contribution is -0.122. The Morgan fingerprint density at radius 2 is 1.94 bits per heavy atom. The van der Waals surface area contributed by atoms with Crippen molar-refractivity contribution in [1.82, 2.24) is 0 Å². The third-order valence-corrected chi connectivity index (χ3v) is 2.50. The molecule has 1 amide bonds. The molecule has 0 aromatic heterocycles. The van der Waals surface area contributed by atoms with Crippen LogP contribution < -0.4 is 10.6 Å². The summed E-state index contributed by atoms with van der Waals surface area (Å²) in [5.41, 5.74) is 7.47. The molecule has 0 fully saturated rings. The molecule has 0 saturated heterocycles. The van der Waals surface area contributed by atoms with Crippen LogP contribution in [0.15, 0.2) is 24.3 Å². The molecule has 0 bridgehead atoms. The first-order chi connectivity index (χ1) is 8.10. The number of carbonyl (C=O) groups is 1. The van der Waals surface area contributed by atoms with E-state index in [9.17, 15) is 4.79 Å². The van der Waals surface area contributed by atoms with E-state index in [1.165, 1.54) is 7.11 Å². The SMILES string of the molecule is COCC(=O)N(c1ccc(CN)cc1)C(C)C. The van der Waals surface area contributed by atoms with Gasteiger partial charge in [0, 0.05) is 25.4 Å². The first kappa shape index (κ1) is 13.7. The number of methoxy groups -OCH3 is 1. The standard InChI is InChI=1S/C13H20N2O2/c1-10(2)15(13(16)9-17-3)12-6-4-11(8-14)5-7-12/h4-7,10H,8-9,14H2,1-3H3. The number of nitrogens with zero attached hydrogens (tertiary/aromatic N) is 1. The van der Waals surface area contributed by atoms with Gasteiger partial charge in [-0.15, -0.1) is 0 Å². The summed E-state index contributed by atoms with van der Waals surface area (Å²) in [6, 6.07) is 7.79. The zero-order valence-electron chi connectivity index (χ0n) is 10.6. The van der Waals surface area contributed by atoms with Gasteiger partial charge in [0.25, 0.3) is 5.91 Å². The third-order valence-electron chi connectivity index (χ3n) is 2.50. The highest BCUT2D eigenvalue weighted by Crippen LogP contribution is 2.18. The van der Waals surface area contributed by atoms with E-state index >= 15 is 0 Å². The lowest BCUT2D eigenvalue weighted by atomic mass is 10.1. The van der Waals surface area contributed by atoms with E-state index in [0.717, 1.165) is 11.3 Å². The summed E-state index contributed by atoms with van der Waals surface area (Å²) in [6.45, 7) is 4.56. The molecule has 4 nitrogen and oxygen atoms in total. The zero-order valence-corrected chi connectivity index (χ0v) is 10.6. The van der Waals surface area contributed by atoms with E-state index in [0.29, 0.717) is 6.54 Å². The van der Waals surface area contributed by atoms with Crippen LogP contribution in [-0.4, -0.2) is 25.7 Å². The van der Waals surface area contributed by atoms with Gasteiger partial charge in [-0.25, -0.2) is 0 Å². The highest BCUT2D eigenvalue weighted by atomic mass is 16.5. The van der Waals surface area contributed by atoms with Crippen LogP contribution in [0.25, 0.3) is 0 Å². The van der Waals surface area contributed by atoms with E-state index in [-0.39, 0.29) is 18.6 Å². The number of amides is 1. The summed E-state index contributed by atoms with van der Waals surface area (Å²) in [5.74, 6) is -0.0389. The highest BCUT2D eigenvalue weighted by molar-refractivity contribution is 5.94. The predicted octanol–water partition coefficient (Wildman–Crippen LogP) is 1.53. The smallest absolute Gasteiger partial charge is 0.253 e. The van der Waals surface area contributed by atoms with Crippen LogP contribution in [0.5, 0.6) is 0 Å². The quantitative estimate of drug-likeness (QED) is 0.843. The Hall–Kier alpha value is -1.39. The topological polar surface area (TPSA) is 55.6 Å². The molecule has 17 heavy (non-hydrogen) atoms. The van der Waals surface area contributed by atoms with E-state index in [1.807, 2.05) is 38.1 Å². The Morgan fingerprint density at radius 1 is 1.35 bits per heavy atom. The number of hydrogen-bond acceptors (Lipinski definition) is 3. The zero-order chi connectivity index (χ0) is 12.8. The third kappa shape index (κ3) is 3.54. The molecule has 0 spiro atoms. The average molecular weight is 236 g/mol. The van der Waals surface area contributed by atoms with Crippen LogP contribution in [0.4, 0.5) is 5.69 Å². The molecule has 4 heteroatoms. The fourth-order valence-corrected chi connectivity index (χ4v) is 1.72. The van der Waals surface area contributed by atoms with Gasteiger partial charge in [-0.2, -0.15) is 0 Å². The summed E-state index contributed by atoms with van der Waals surface area (Å²) in [7, 11) is 1.52. The van der Waals surface area contributed by atoms with Crippen LogP contribution in [0.1, 0.15) is 19.4 Å². The van der Waals surface area contributed by atoms with Crippen LogP contribution in [0.3, 0.4) is 0 Å². The fraction of sp³-hybridized carbons (Fsp3) is 0.462. The van der Waals surface area contributed by atoms with E-state index in [1.54, 1.807) is 4.90 Å². The van der Waals surface area contributed by atoms with Gasteiger partial charge in [0.2, 0.25) is 0 Å². The molecule has 1 aromatic carbocycles. The Labute approximate surface area is 102 Å². The van der Waals surface area contributed by atoms with E-state index in [2.05, 4.69) is 0 Å². The van der Waals surface area contributed by atoms with Gasteiger partial charge in [0.05, 0.1) is 0 Å². The van der Waals surface area contributed by atoms with Gasteiger partial charge in [-0.3, -0.25) is 4.79 Å². The number of carbonyl (C=O) groups excluding carboxylic acids is 1. The van der Waals surface area contributed by atoms with Crippen LogP contribution in [0.2, 0.25) is 0 Å². The molecule has 0 heterocycles. The Morgan fingerprint density at radius 3 is 2.35 bits per heavy atom. The van der Waals surface area contributed by atoms with Crippen molar-refractivity contribution < 1.29 is 9.53 Å². The van der Waals surface area contributed by atoms with Crippen molar-refractivity contribution in [3.63, 3.8) is 0 Å². The van der Waals surface area contributed by atoms with Crippen molar-refractivity contribution in [2.45, 2.75) is 26.4 Å².